The maximum atomic E-state index is 13.4. The lowest BCUT2D eigenvalue weighted by molar-refractivity contribution is -0.199. The zero-order valence-electron chi connectivity index (χ0n) is 20.6. The molecule has 1 amide bonds. The number of rotatable bonds is 5. The van der Waals surface area contributed by atoms with Gasteiger partial charge >= 0.3 is 12.1 Å². The molecule has 14 heteroatoms. The fourth-order valence-electron chi connectivity index (χ4n) is 4.11. The number of anilines is 1. The van der Waals surface area contributed by atoms with Crippen molar-refractivity contribution < 1.29 is 27.6 Å². The molecule has 1 aliphatic carbocycles. The Kier molecular flexibility index (Phi) is 7.33. The number of thiazole rings is 1. The maximum absolute atomic E-state index is 13.4. The third-order valence-corrected chi connectivity index (χ3v) is 7.19. The van der Waals surface area contributed by atoms with Crippen LogP contribution in [0.2, 0.25) is 0 Å². The number of amides is 1. The van der Waals surface area contributed by atoms with Gasteiger partial charge in [0.2, 0.25) is 5.13 Å². The molecule has 2 aromatic heterocycles. The van der Waals surface area contributed by atoms with Gasteiger partial charge < -0.3 is 10.6 Å². The van der Waals surface area contributed by atoms with Crippen molar-refractivity contribution in [3.8, 4) is 17.3 Å². The second kappa shape index (κ2) is 10.9. The molecule has 0 saturated carbocycles. The number of nitrogens with zero attached hydrogens (tertiary/aromatic N) is 6. The summed E-state index contributed by atoms with van der Waals surface area (Å²) in [5.41, 5.74) is 9.00. The first-order chi connectivity index (χ1) is 19.1. The van der Waals surface area contributed by atoms with Crippen molar-refractivity contribution in [2.24, 2.45) is 5.73 Å². The van der Waals surface area contributed by atoms with Crippen LogP contribution in [-0.4, -0.2) is 44.1 Å². The summed E-state index contributed by atoms with van der Waals surface area (Å²) >= 11 is 0.962. The van der Waals surface area contributed by atoms with E-state index >= 15 is 0 Å². The van der Waals surface area contributed by atoms with E-state index in [1.165, 1.54) is 16.8 Å². The summed E-state index contributed by atoms with van der Waals surface area (Å²) in [6.45, 7) is 0.191. The van der Waals surface area contributed by atoms with Crippen LogP contribution >= 0.6 is 11.3 Å². The summed E-state index contributed by atoms with van der Waals surface area (Å²) in [5, 5.41) is 17.3. The molecule has 10 nitrogen and oxygen atoms in total. The number of alkyl halides is 3. The molecule has 204 valence electrons. The number of hydroxylamine groups is 1. The van der Waals surface area contributed by atoms with Gasteiger partial charge in [0, 0.05) is 22.0 Å². The lowest BCUT2D eigenvalue weighted by Crippen LogP contribution is -2.38. The van der Waals surface area contributed by atoms with Crippen molar-refractivity contribution in [1.82, 2.24) is 20.0 Å². The second-order valence-corrected chi connectivity index (χ2v) is 10.1. The van der Waals surface area contributed by atoms with Gasteiger partial charge in [0.05, 0.1) is 30.1 Å². The number of halogens is 3. The number of aromatic nitrogens is 4. The SMILES string of the molecule is N#Cc1ccc(-c2cn(Cc3cccc(C(=O)N(OC(=O)C(F)(F)F)c4nc5c(s4)C[C@H](N)CC5)c3)nn2)cc1. The average Bonchev–Trinajstić information content (AvgIpc) is 3.57. The van der Waals surface area contributed by atoms with Crippen molar-refractivity contribution in [1.29, 1.82) is 5.26 Å². The number of benzene rings is 2. The number of carbonyl (C=O) groups excluding carboxylic acids is 2. The molecular formula is C26H20F3N7O3S. The lowest BCUT2D eigenvalue weighted by Gasteiger charge is -2.19. The molecule has 0 unspecified atom stereocenters. The zero-order chi connectivity index (χ0) is 28.4. The molecule has 0 saturated heterocycles. The number of hydrogen-bond acceptors (Lipinski definition) is 9. The third-order valence-electron chi connectivity index (χ3n) is 6.10. The zero-order valence-corrected chi connectivity index (χ0v) is 21.4. The minimum Gasteiger partial charge on any atom is -0.327 e. The highest BCUT2D eigenvalue weighted by molar-refractivity contribution is 7.15. The average molecular weight is 568 g/mol. The van der Waals surface area contributed by atoms with Crippen LogP contribution in [0.3, 0.4) is 0 Å². The number of nitrogens with two attached hydrogens (primary N) is 1. The van der Waals surface area contributed by atoms with Crippen molar-refractivity contribution in [2.45, 2.75) is 38.0 Å². The van der Waals surface area contributed by atoms with Crippen LogP contribution in [0.5, 0.6) is 0 Å². The maximum Gasteiger partial charge on any atom is 0.493 e. The minimum absolute atomic E-state index is 0.0234. The van der Waals surface area contributed by atoms with Crippen molar-refractivity contribution in [3.05, 3.63) is 82.0 Å². The summed E-state index contributed by atoms with van der Waals surface area (Å²) in [7, 11) is 0. The third kappa shape index (κ3) is 5.85. The number of hydrogen-bond donors (Lipinski definition) is 1. The Balaban J connectivity index is 1.39. The Hall–Kier alpha value is -4.61. The molecule has 0 bridgehead atoms. The Bertz CT molecular complexity index is 1610. The van der Waals surface area contributed by atoms with E-state index in [1.54, 1.807) is 42.6 Å². The summed E-state index contributed by atoms with van der Waals surface area (Å²) in [6.07, 6.45) is -2.04. The van der Waals surface area contributed by atoms with Crippen LogP contribution in [0.25, 0.3) is 11.3 Å². The first-order valence-electron chi connectivity index (χ1n) is 12.0. The van der Waals surface area contributed by atoms with Gasteiger partial charge in [-0.05, 0) is 49.1 Å². The molecule has 40 heavy (non-hydrogen) atoms. The molecular weight excluding hydrogens is 547 g/mol. The largest absolute Gasteiger partial charge is 0.493 e. The van der Waals surface area contributed by atoms with Crippen LogP contribution in [0.1, 0.15) is 38.5 Å². The van der Waals surface area contributed by atoms with Gasteiger partial charge in [-0.25, -0.2) is 14.5 Å². The smallest absolute Gasteiger partial charge is 0.327 e. The van der Waals surface area contributed by atoms with Gasteiger partial charge in [-0.2, -0.15) is 18.4 Å². The van der Waals surface area contributed by atoms with E-state index in [2.05, 4.69) is 20.1 Å². The predicted octanol–water partition coefficient (Wildman–Crippen LogP) is 3.80. The fourth-order valence-corrected chi connectivity index (χ4v) is 5.25. The molecule has 1 aliphatic rings. The van der Waals surface area contributed by atoms with E-state index < -0.39 is 18.1 Å². The first-order valence-corrected chi connectivity index (χ1v) is 12.8. The highest BCUT2D eigenvalue weighted by Gasteiger charge is 2.44. The Morgan fingerprint density at radius 1 is 1.23 bits per heavy atom. The van der Waals surface area contributed by atoms with Gasteiger partial charge in [0.1, 0.15) is 5.69 Å². The summed E-state index contributed by atoms with van der Waals surface area (Å²) in [5.74, 6) is -3.54. The van der Waals surface area contributed by atoms with Crippen molar-refractivity contribution in [2.75, 3.05) is 5.06 Å². The van der Waals surface area contributed by atoms with Gasteiger partial charge in [-0.1, -0.05) is 40.8 Å². The van der Waals surface area contributed by atoms with E-state index in [0.717, 1.165) is 21.8 Å². The number of fused-ring (bicyclic) bond motifs is 1. The Morgan fingerprint density at radius 2 is 2.00 bits per heavy atom. The normalized spacial score (nSPS) is 14.7. The fraction of sp³-hybridized carbons (Fsp3) is 0.231. The number of aryl methyl sites for hydroxylation is 1. The molecule has 4 aromatic rings. The molecule has 0 spiro atoms. The van der Waals surface area contributed by atoms with Crippen LogP contribution in [0.4, 0.5) is 18.3 Å². The minimum atomic E-state index is -5.32. The molecule has 5 rings (SSSR count). The second-order valence-electron chi connectivity index (χ2n) is 9.04. The number of nitriles is 1. The highest BCUT2D eigenvalue weighted by atomic mass is 32.1. The molecule has 2 aromatic carbocycles. The highest BCUT2D eigenvalue weighted by Crippen LogP contribution is 2.33. The van der Waals surface area contributed by atoms with Gasteiger partial charge in [-0.15, -0.1) is 10.2 Å². The topological polar surface area (TPSA) is 140 Å². The van der Waals surface area contributed by atoms with Gasteiger partial charge in [0.15, 0.2) is 0 Å². The van der Waals surface area contributed by atoms with Crippen LogP contribution < -0.4 is 10.8 Å². The Labute approximate surface area is 229 Å². The van der Waals surface area contributed by atoms with Gasteiger partial charge in [-0.3, -0.25) is 4.79 Å². The molecule has 0 aliphatic heterocycles. The molecule has 2 heterocycles. The summed E-state index contributed by atoms with van der Waals surface area (Å²) in [6, 6.07) is 14.8. The van der Waals surface area contributed by atoms with E-state index in [0.29, 0.717) is 46.8 Å². The molecule has 2 N–H and O–H groups in total. The van der Waals surface area contributed by atoms with Crippen molar-refractivity contribution in [3.63, 3.8) is 0 Å². The quantitative estimate of drug-likeness (QED) is 0.359. The van der Waals surface area contributed by atoms with Gasteiger partial charge in [0.25, 0.3) is 5.91 Å². The number of carbonyl (C=O) groups is 2. The van der Waals surface area contributed by atoms with Crippen LogP contribution in [0, 0.1) is 11.3 Å². The standard InChI is InChI=1S/C26H20F3N7O3S/c27-26(28,29)24(38)39-36(25-32-20-9-8-19(31)11-22(20)40-25)23(37)18-3-1-2-16(10-18)13-35-14-21(33-34-35)17-6-4-15(12-30)5-7-17/h1-7,10,14,19H,8-9,11,13,31H2/t19-/m1/s1. The first kappa shape index (κ1) is 27.0. The molecule has 1 atom stereocenters. The molecule has 0 radical (unpaired) electrons. The van der Waals surface area contributed by atoms with Crippen LogP contribution in [-0.2, 0) is 29.0 Å². The lowest BCUT2D eigenvalue weighted by atomic mass is 9.99. The van der Waals surface area contributed by atoms with E-state index in [4.69, 9.17) is 11.0 Å². The van der Waals surface area contributed by atoms with E-state index in [-0.39, 0.29) is 23.3 Å². The monoisotopic (exact) mass is 567 g/mol. The summed E-state index contributed by atoms with van der Waals surface area (Å²) in [4.78, 5) is 34.7. The predicted molar refractivity (Wildman–Crippen MR) is 137 cm³/mol. The van der Waals surface area contributed by atoms with E-state index in [1.807, 2.05) is 6.07 Å². The summed E-state index contributed by atoms with van der Waals surface area (Å²) < 4.78 is 40.7. The Morgan fingerprint density at radius 3 is 2.73 bits per heavy atom. The van der Waals surface area contributed by atoms with Crippen LogP contribution in [0.15, 0.2) is 54.7 Å². The van der Waals surface area contributed by atoms with E-state index in [9.17, 15) is 22.8 Å². The van der Waals surface area contributed by atoms with Crippen molar-refractivity contribution >= 4 is 28.3 Å². The molecule has 0 fully saturated rings.